The van der Waals surface area contributed by atoms with Crippen molar-refractivity contribution in [2.24, 2.45) is 0 Å². The van der Waals surface area contributed by atoms with E-state index in [9.17, 15) is 4.79 Å². The fourth-order valence-corrected chi connectivity index (χ4v) is 9.34. The van der Waals surface area contributed by atoms with Crippen LogP contribution in [0.15, 0.2) is 65.5 Å². The number of nitrogens with zero attached hydrogens (tertiary/aromatic N) is 4. The molecule has 0 aliphatic carbocycles. The Labute approximate surface area is 180 Å². The Hall–Kier alpha value is -2.24. The molecular formula is C23H33N5OP+. The fraction of sp³-hybridized carbons (Fsp3) is 0.348. The quantitative estimate of drug-likeness (QED) is 0.580. The van der Waals surface area contributed by atoms with Crippen molar-refractivity contribution in [3.63, 3.8) is 0 Å². The molecule has 0 bridgehead atoms. The van der Waals surface area contributed by atoms with E-state index in [1.165, 1.54) is 0 Å². The van der Waals surface area contributed by atoms with Crippen LogP contribution in [0.1, 0.15) is 22.5 Å². The molecule has 0 radical (unpaired) electrons. The molecule has 1 heterocycles. The number of hydrogen-bond acceptors (Lipinski definition) is 4. The minimum absolute atomic E-state index is 0.00229. The summed E-state index contributed by atoms with van der Waals surface area (Å²) in [6.45, 7) is 2.00. The monoisotopic (exact) mass is 426 g/mol. The molecule has 3 aromatic rings. The predicted molar refractivity (Wildman–Crippen MR) is 127 cm³/mol. The van der Waals surface area contributed by atoms with Gasteiger partial charge in [-0.2, -0.15) is 14.0 Å². The van der Waals surface area contributed by atoms with Gasteiger partial charge in [0.2, 0.25) is 7.71 Å². The second kappa shape index (κ2) is 8.86. The lowest BCUT2D eigenvalue weighted by atomic mass is 10.1. The zero-order chi connectivity index (χ0) is 22.1. The van der Waals surface area contributed by atoms with Gasteiger partial charge in [-0.1, -0.05) is 48.5 Å². The van der Waals surface area contributed by atoms with E-state index in [1.54, 1.807) is 4.68 Å². The van der Waals surface area contributed by atoms with E-state index >= 15 is 0 Å². The van der Waals surface area contributed by atoms with Gasteiger partial charge in [0, 0.05) is 53.5 Å². The number of hydrogen-bond donors (Lipinski definition) is 1. The highest BCUT2D eigenvalue weighted by molar-refractivity contribution is 7.69. The first-order chi connectivity index (χ1) is 14.2. The number of benzene rings is 2. The average Bonchev–Trinajstić information content (AvgIpc) is 3.00. The molecular weight excluding hydrogens is 393 g/mol. The van der Waals surface area contributed by atoms with Gasteiger partial charge in [-0.15, -0.1) is 0 Å². The van der Waals surface area contributed by atoms with Gasteiger partial charge in [0.1, 0.15) is 0 Å². The van der Waals surface area contributed by atoms with Gasteiger partial charge in [0.15, 0.2) is 5.66 Å². The average molecular weight is 427 g/mol. The van der Waals surface area contributed by atoms with E-state index in [2.05, 4.69) is 85.7 Å². The van der Waals surface area contributed by atoms with Crippen molar-refractivity contribution >= 4 is 7.71 Å². The van der Waals surface area contributed by atoms with Crippen LogP contribution in [0.4, 0.5) is 0 Å². The molecule has 6 nitrogen and oxygen atoms in total. The molecule has 160 valence electrons. The molecule has 0 spiro atoms. The summed E-state index contributed by atoms with van der Waals surface area (Å²) in [6, 6.07) is 20.1. The smallest absolute Gasteiger partial charge is 0.279 e. The van der Waals surface area contributed by atoms with E-state index in [-0.39, 0.29) is 11.2 Å². The first-order valence-corrected chi connectivity index (χ1v) is 11.8. The first-order valence-electron chi connectivity index (χ1n) is 10.1. The van der Waals surface area contributed by atoms with Crippen molar-refractivity contribution < 1.29 is 0 Å². The summed E-state index contributed by atoms with van der Waals surface area (Å²) in [4.78, 5) is 13.8. The number of aromatic nitrogens is 2. The Kier molecular flexibility index (Phi) is 6.63. The van der Waals surface area contributed by atoms with Crippen molar-refractivity contribution in [3.05, 3.63) is 87.8 Å². The second-order valence-corrected chi connectivity index (χ2v) is 12.2. The van der Waals surface area contributed by atoms with E-state index < -0.39 is 7.71 Å². The fourth-order valence-electron chi connectivity index (χ4n) is 4.58. The lowest BCUT2D eigenvalue weighted by molar-refractivity contribution is 0.448. The number of nitrogens with one attached hydrogen (secondary N) is 1. The Morgan fingerprint density at radius 1 is 0.800 bits per heavy atom. The van der Waals surface area contributed by atoms with E-state index in [0.717, 1.165) is 22.5 Å². The van der Waals surface area contributed by atoms with Crippen molar-refractivity contribution in [3.8, 4) is 5.69 Å². The van der Waals surface area contributed by atoms with E-state index in [4.69, 9.17) is 0 Å². The molecule has 0 fully saturated rings. The van der Waals surface area contributed by atoms with Crippen molar-refractivity contribution in [2.45, 2.75) is 12.6 Å². The summed E-state index contributed by atoms with van der Waals surface area (Å²) in [5, 5.41) is 3.33. The molecule has 0 amide bonds. The van der Waals surface area contributed by atoms with E-state index in [0.29, 0.717) is 0 Å². The van der Waals surface area contributed by atoms with Crippen LogP contribution in [0.2, 0.25) is 0 Å². The SMILES string of the molecule is Cc1[nH]n(-c2ccccc2)c(=O)c1C(c1ccccc1)[P+](N(C)C)(N(C)C)N(C)C. The zero-order valence-electron chi connectivity index (χ0n) is 19.0. The maximum atomic E-state index is 13.8. The molecule has 1 atom stereocenters. The van der Waals surface area contributed by atoms with Crippen LogP contribution in [0.5, 0.6) is 0 Å². The molecule has 30 heavy (non-hydrogen) atoms. The molecule has 1 unspecified atom stereocenters. The van der Waals surface area contributed by atoms with E-state index in [1.807, 2.05) is 43.3 Å². The van der Waals surface area contributed by atoms with Crippen LogP contribution in [0, 0.1) is 6.92 Å². The van der Waals surface area contributed by atoms with Gasteiger partial charge in [0.05, 0.1) is 11.3 Å². The molecule has 0 saturated heterocycles. The molecule has 1 N–H and O–H groups in total. The van der Waals surface area contributed by atoms with Crippen LogP contribution >= 0.6 is 7.71 Å². The molecule has 7 heteroatoms. The third-order valence-electron chi connectivity index (χ3n) is 5.63. The Morgan fingerprint density at radius 3 is 1.73 bits per heavy atom. The summed E-state index contributed by atoms with van der Waals surface area (Å²) in [5.74, 6) is 0. The highest BCUT2D eigenvalue weighted by atomic mass is 31.2. The summed E-state index contributed by atoms with van der Waals surface area (Å²) >= 11 is 0. The highest BCUT2D eigenvalue weighted by Gasteiger charge is 2.57. The number of rotatable bonds is 7. The van der Waals surface area contributed by atoms with Gasteiger partial charge < -0.3 is 0 Å². The van der Waals surface area contributed by atoms with Crippen LogP contribution in [-0.4, -0.2) is 66.1 Å². The molecule has 0 aliphatic heterocycles. The Balaban J connectivity index is 2.36. The van der Waals surface area contributed by atoms with Crippen molar-refractivity contribution in [1.29, 1.82) is 0 Å². The summed E-state index contributed by atoms with van der Waals surface area (Å²) in [7, 11) is 10.5. The second-order valence-electron chi connectivity index (χ2n) is 8.10. The number of aryl methyl sites for hydroxylation is 1. The molecule has 0 saturated carbocycles. The summed E-state index contributed by atoms with van der Waals surface area (Å²) in [5.41, 5.74) is 3.59. The zero-order valence-corrected chi connectivity index (χ0v) is 19.9. The van der Waals surface area contributed by atoms with Crippen molar-refractivity contribution in [1.82, 2.24) is 23.8 Å². The van der Waals surface area contributed by atoms with Gasteiger partial charge in [-0.3, -0.25) is 9.89 Å². The third-order valence-corrected chi connectivity index (χ3v) is 10.4. The third kappa shape index (κ3) is 3.65. The summed E-state index contributed by atoms with van der Waals surface area (Å²) < 4.78 is 8.55. The highest BCUT2D eigenvalue weighted by Crippen LogP contribution is 2.75. The first kappa shape index (κ1) is 22.4. The lowest BCUT2D eigenvalue weighted by Gasteiger charge is -2.44. The van der Waals surface area contributed by atoms with Gasteiger partial charge in [-0.05, 0) is 19.1 Å². The molecule has 1 aromatic heterocycles. The van der Waals surface area contributed by atoms with Crippen LogP contribution in [0.25, 0.3) is 5.69 Å². The maximum Gasteiger partial charge on any atom is 0.279 e. The predicted octanol–water partition coefficient (Wildman–Crippen LogP) is 4.01. The largest absolute Gasteiger partial charge is 0.295 e. The lowest BCUT2D eigenvalue weighted by Crippen LogP contribution is -2.41. The van der Waals surface area contributed by atoms with Crippen LogP contribution in [-0.2, 0) is 0 Å². The molecule has 3 rings (SSSR count). The number of para-hydroxylation sites is 1. The van der Waals surface area contributed by atoms with Crippen LogP contribution < -0.4 is 5.56 Å². The minimum atomic E-state index is -2.13. The van der Waals surface area contributed by atoms with Crippen molar-refractivity contribution in [2.75, 3.05) is 42.3 Å². The molecule has 0 aliphatic rings. The number of aromatic amines is 1. The van der Waals surface area contributed by atoms with Gasteiger partial charge in [-0.25, -0.2) is 4.68 Å². The minimum Gasteiger partial charge on any atom is -0.295 e. The standard InChI is InChI=1S/C23H32N5OP/c1-18-21(23(29)28(24-18)20-16-12-9-13-17-20)22(19-14-10-8-11-15-19)30(25(2)3,26(4)5)27(6)7/h8-17,22H,1-7H3/p+1. The topological polar surface area (TPSA) is 47.5 Å². The normalized spacial score (nSPS) is 13.4. The van der Waals surface area contributed by atoms with Gasteiger partial charge >= 0.3 is 0 Å². The van der Waals surface area contributed by atoms with Gasteiger partial charge in [0.25, 0.3) is 5.56 Å². The van der Waals surface area contributed by atoms with Crippen LogP contribution in [0.3, 0.4) is 0 Å². The Bertz CT molecular complexity index is 1000. The molecule has 2 aromatic carbocycles. The Morgan fingerprint density at radius 2 is 1.27 bits per heavy atom. The number of H-pyrrole nitrogens is 1. The maximum absolute atomic E-state index is 13.8. The summed E-state index contributed by atoms with van der Waals surface area (Å²) in [6.07, 6.45) is 0.